The molecule has 0 heterocycles. The van der Waals surface area contributed by atoms with Crippen LogP contribution in [0.15, 0.2) is 18.2 Å². The van der Waals surface area contributed by atoms with Gasteiger partial charge in [-0.15, -0.1) is 0 Å². The largest absolute Gasteiger partial charge is 0.435 e. The maximum atomic E-state index is 11.8. The summed E-state index contributed by atoms with van der Waals surface area (Å²) >= 11 is 0. The summed E-state index contributed by atoms with van der Waals surface area (Å²) in [5.74, 6) is -0.323. The molecule has 0 bridgehead atoms. The fourth-order valence-corrected chi connectivity index (χ4v) is 1.43. The molecule has 3 heteroatoms. The van der Waals surface area contributed by atoms with Gasteiger partial charge >= 0.3 is 5.97 Å². The number of rotatable bonds is 4. The molecule has 0 radical (unpaired) electrons. The van der Waals surface area contributed by atoms with Crippen LogP contribution >= 0.6 is 0 Å². The maximum absolute atomic E-state index is 11.8. The topological polar surface area (TPSA) is 35.5 Å². The Balaban J connectivity index is 2.66. The summed E-state index contributed by atoms with van der Waals surface area (Å²) in [5, 5.41) is 0. The van der Waals surface area contributed by atoms with E-state index in [1.807, 2.05) is 45.9 Å². The lowest BCUT2D eigenvalue weighted by Crippen LogP contribution is -2.14. The van der Waals surface area contributed by atoms with Gasteiger partial charge in [0.05, 0.1) is 11.7 Å². The molecule has 1 aromatic carbocycles. The lowest BCUT2D eigenvalue weighted by molar-refractivity contribution is -0.0541. The Hall–Kier alpha value is -1.35. The van der Waals surface area contributed by atoms with Crippen molar-refractivity contribution >= 4 is 5.97 Å². The Labute approximate surface area is 96.4 Å². The number of esters is 1. The molecule has 0 saturated heterocycles. The average Bonchev–Trinajstić information content (AvgIpc) is 2.16. The van der Waals surface area contributed by atoms with Crippen molar-refractivity contribution in [3.05, 3.63) is 34.9 Å². The van der Waals surface area contributed by atoms with Crippen molar-refractivity contribution in [3.8, 4) is 0 Å². The zero-order valence-corrected chi connectivity index (χ0v) is 10.2. The molecular weight excluding hydrogens is 204 g/mol. The van der Waals surface area contributed by atoms with Crippen molar-refractivity contribution in [2.45, 2.75) is 33.8 Å². The number of benzene rings is 1. The molecule has 1 rings (SSSR count). The summed E-state index contributed by atoms with van der Waals surface area (Å²) < 4.78 is 10.2. The second-order valence-corrected chi connectivity index (χ2v) is 4.03. The van der Waals surface area contributed by atoms with Crippen LogP contribution in [0.2, 0.25) is 0 Å². The van der Waals surface area contributed by atoms with E-state index in [-0.39, 0.29) is 18.9 Å². The molecule has 0 aliphatic heterocycles. The van der Waals surface area contributed by atoms with E-state index in [0.29, 0.717) is 5.56 Å². The monoisotopic (exact) mass is 222 g/mol. The lowest BCUT2D eigenvalue weighted by atomic mass is 10.0. The molecule has 16 heavy (non-hydrogen) atoms. The van der Waals surface area contributed by atoms with Crippen molar-refractivity contribution < 1.29 is 14.3 Å². The Bertz CT molecular complexity index is 349. The van der Waals surface area contributed by atoms with Crippen LogP contribution in [0.1, 0.15) is 35.3 Å². The molecular formula is C13H18O3. The number of hydrogen-bond donors (Lipinski definition) is 0. The highest BCUT2D eigenvalue weighted by molar-refractivity contribution is 5.92. The SMILES string of the molecule is Cc1cccc(C)c1C(=O)OCOC(C)C. The smallest absolute Gasteiger partial charge is 0.340 e. The number of hydrogen-bond acceptors (Lipinski definition) is 3. The van der Waals surface area contributed by atoms with Gasteiger partial charge in [0.2, 0.25) is 0 Å². The van der Waals surface area contributed by atoms with Crippen LogP contribution in [0.25, 0.3) is 0 Å². The van der Waals surface area contributed by atoms with Gasteiger partial charge in [-0.2, -0.15) is 0 Å². The highest BCUT2D eigenvalue weighted by Gasteiger charge is 2.13. The molecule has 1 aromatic rings. The molecule has 0 aliphatic rings. The minimum atomic E-state index is -0.323. The van der Waals surface area contributed by atoms with E-state index in [0.717, 1.165) is 11.1 Å². The van der Waals surface area contributed by atoms with E-state index in [4.69, 9.17) is 9.47 Å². The van der Waals surface area contributed by atoms with Gasteiger partial charge in [0.1, 0.15) is 0 Å². The highest BCUT2D eigenvalue weighted by Crippen LogP contribution is 2.14. The number of carbonyl (C=O) groups is 1. The molecule has 0 spiro atoms. The third kappa shape index (κ3) is 3.35. The van der Waals surface area contributed by atoms with Crippen molar-refractivity contribution in [1.29, 1.82) is 0 Å². The van der Waals surface area contributed by atoms with Crippen LogP contribution in [0.4, 0.5) is 0 Å². The second kappa shape index (κ2) is 5.66. The van der Waals surface area contributed by atoms with Crippen LogP contribution in [-0.4, -0.2) is 18.9 Å². The molecule has 0 amide bonds. The Morgan fingerprint density at radius 2 is 1.81 bits per heavy atom. The van der Waals surface area contributed by atoms with Gasteiger partial charge in [0.25, 0.3) is 0 Å². The summed E-state index contributed by atoms with van der Waals surface area (Å²) in [7, 11) is 0. The van der Waals surface area contributed by atoms with E-state index < -0.39 is 0 Å². The fourth-order valence-electron chi connectivity index (χ4n) is 1.43. The molecule has 0 aromatic heterocycles. The molecule has 0 atom stereocenters. The molecule has 0 aliphatic carbocycles. The van der Waals surface area contributed by atoms with Crippen molar-refractivity contribution in [2.75, 3.05) is 6.79 Å². The first kappa shape index (κ1) is 12.7. The molecule has 0 saturated carbocycles. The quantitative estimate of drug-likeness (QED) is 0.580. The van der Waals surface area contributed by atoms with Gasteiger partial charge in [0.15, 0.2) is 6.79 Å². The average molecular weight is 222 g/mol. The third-order valence-electron chi connectivity index (χ3n) is 2.28. The lowest BCUT2D eigenvalue weighted by Gasteiger charge is -2.11. The summed E-state index contributed by atoms with van der Waals surface area (Å²) in [6, 6.07) is 5.71. The Morgan fingerprint density at radius 1 is 1.25 bits per heavy atom. The van der Waals surface area contributed by atoms with Crippen molar-refractivity contribution in [2.24, 2.45) is 0 Å². The van der Waals surface area contributed by atoms with E-state index in [9.17, 15) is 4.79 Å². The van der Waals surface area contributed by atoms with E-state index in [2.05, 4.69) is 0 Å². The summed E-state index contributed by atoms with van der Waals surface area (Å²) in [5.41, 5.74) is 2.49. The normalized spacial score (nSPS) is 10.6. The van der Waals surface area contributed by atoms with Crippen LogP contribution in [0.3, 0.4) is 0 Å². The molecule has 0 unspecified atom stereocenters. The summed E-state index contributed by atoms with van der Waals surface area (Å²) in [6.07, 6.45) is 0.0609. The second-order valence-electron chi connectivity index (χ2n) is 4.03. The predicted octanol–water partition coefficient (Wildman–Crippen LogP) is 2.84. The molecule has 0 fully saturated rings. The maximum Gasteiger partial charge on any atom is 0.340 e. The molecule has 3 nitrogen and oxygen atoms in total. The molecule has 88 valence electrons. The van der Waals surface area contributed by atoms with Gasteiger partial charge in [-0.3, -0.25) is 0 Å². The first-order valence-electron chi connectivity index (χ1n) is 5.37. The van der Waals surface area contributed by atoms with Crippen LogP contribution in [-0.2, 0) is 9.47 Å². The minimum Gasteiger partial charge on any atom is -0.435 e. The highest BCUT2D eigenvalue weighted by atomic mass is 16.7. The zero-order valence-electron chi connectivity index (χ0n) is 10.2. The van der Waals surface area contributed by atoms with Crippen molar-refractivity contribution in [3.63, 3.8) is 0 Å². The van der Waals surface area contributed by atoms with Gasteiger partial charge in [-0.25, -0.2) is 4.79 Å². The Morgan fingerprint density at radius 3 is 2.31 bits per heavy atom. The minimum absolute atomic E-state index is 0.00424. The number of aryl methyl sites for hydroxylation is 2. The Kier molecular flexibility index (Phi) is 4.50. The van der Waals surface area contributed by atoms with Gasteiger partial charge in [-0.1, -0.05) is 18.2 Å². The van der Waals surface area contributed by atoms with E-state index in [1.54, 1.807) is 0 Å². The van der Waals surface area contributed by atoms with Crippen LogP contribution in [0, 0.1) is 13.8 Å². The van der Waals surface area contributed by atoms with E-state index in [1.165, 1.54) is 0 Å². The standard InChI is InChI=1S/C13H18O3/c1-9(2)15-8-16-13(14)12-10(3)6-5-7-11(12)4/h5-7,9H,8H2,1-4H3. The van der Waals surface area contributed by atoms with E-state index >= 15 is 0 Å². The number of ether oxygens (including phenoxy) is 2. The van der Waals surface area contributed by atoms with Gasteiger partial charge in [0, 0.05) is 0 Å². The van der Waals surface area contributed by atoms with Crippen LogP contribution in [0.5, 0.6) is 0 Å². The summed E-state index contributed by atoms with van der Waals surface area (Å²) in [4.78, 5) is 11.8. The third-order valence-corrected chi connectivity index (χ3v) is 2.28. The number of carbonyl (C=O) groups excluding carboxylic acids is 1. The zero-order chi connectivity index (χ0) is 12.1. The van der Waals surface area contributed by atoms with Gasteiger partial charge in [-0.05, 0) is 38.8 Å². The molecule has 0 N–H and O–H groups in total. The van der Waals surface area contributed by atoms with Crippen LogP contribution < -0.4 is 0 Å². The first-order valence-corrected chi connectivity index (χ1v) is 5.37. The van der Waals surface area contributed by atoms with Gasteiger partial charge < -0.3 is 9.47 Å². The predicted molar refractivity (Wildman–Crippen MR) is 62.4 cm³/mol. The first-order chi connectivity index (χ1) is 7.52. The fraction of sp³-hybridized carbons (Fsp3) is 0.462. The van der Waals surface area contributed by atoms with Crippen molar-refractivity contribution in [1.82, 2.24) is 0 Å². The summed E-state index contributed by atoms with van der Waals surface area (Å²) in [6.45, 7) is 7.59.